The predicted octanol–water partition coefficient (Wildman–Crippen LogP) is 2.96. The van der Waals surface area contributed by atoms with Gasteiger partial charge in [-0.15, -0.1) is 0 Å². The average Bonchev–Trinajstić information content (AvgIpc) is 3.07. The maximum absolute atomic E-state index is 12.8. The number of alkyl halides is 3. The first kappa shape index (κ1) is 21.2. The van der Waals surface area contributed by atoms with Crippen LogP contribution in [0, 0.1) is 5.41 Å². The maximum atomic E-state index is 12.8. The number of benzene rings is 1. The van der Waals surface area contributed by atoms with Gasteiger partial charge in [-0.25, -0.2) is 8.42 Å². The lowest BCUT2D eigenvalue weighted by Crippen LogP contribution is -2.23. The third kappa shape index (κ3) is 4.26. The van der Waals surface area contributed by atoms with Crippen molar-refractivity contribution in [1.29, 1.82) is 0 Å². The summed E-state index contributed by atoms with van der Waals surface area (Å²) < 4.78 is 61.8. The lowest BCUT2D eigenvalue weighted by Gasteiger charge is -2.18. The Kier molecular flexibility index (Phi) is 5.42. The highest BCUT2D eigenvalue weighted by Crippen LogP contribution is 2.43. The van der Waals surface area contributed by atoms with Gasteiger partial charge in [0.2, 0.25) is 0 Å². The smallest absolute Gasteiger partial charge is 0.395 e. The molecule has 9 heteroatoms. The Balaban J connectivity index is 2.08. The van der Waals surface area contributed by atoms with Crippen LogP contribution in [0.4, 0.5) is 13.2 Å². The largest absolute Gasteiger partial charge is 0.417 e. The molecule has 0 bridgehead atoms. The van der Waals surface area contributed by atoms with Crippen LogP contribution in [0.2, 0.25) is 0 Å². The second-order valence-electron chi connectivity index (χ2n) is 6.89. The van der Waals surface area contributed by atoms with E-state index in [-0.39, 0.29) is 10.6 Å². The Labute approximate surface area is 165 Å². The summed E-state index contributed by atoms with van der Waals surface area (Å²) in [7, 11) is -3.39. The van der Waals surface area contributed by atoms with Crippen molar-refractivity contribution in [2.45, 2.75) is 11.1 Å². The highest BCUT2D eigenvalue weighted by atomic mass is 32.2. The van der Waals surface area contributed by atoms with E-state index < -0.39 is 40.2 Å². The van der Waals surface area contributed by atoms with Crippen LogP contribution in [0.5, 0.6) is 0 Å². The summed E-state index contributed by atoms with van der Waals surface area (Å²) in [5, 5.41) is 19.5. The van der Waals surface area contributed by atoms with Crippen molar-refractivity contribution in [2.24, 2.45) is 5.41 Å². The summed E-state index contributed by atoms with van der Waals surface area (Å²) in [6.07, 6.45) is 0.449. The molecule has 0 aliphatic heterocycles. The minimum absolute atomic E-state index is 0.119. The zero-order valence-corrected chi connectivity index (χ0v) is 16.1. The van der Waals surface area contributed by atoms with Gasteiger partial charge in [0.25, 0.3) is 0 Å². The molecule has 5 nitrogen and oxygen atoms in total. The molecule has 0 spiro atoms. The highest BCUT2D eigenvalue weighted by Gasteiger charge is 2.34. The molecule has 1 aromatic carbocycles. The van der Waals surface area contributed by atoms with Gasteiger partial charge >= 0.3 is 6.18 Å². The van der Waals surface area contributed by atoms with Gasteiger partial charge in [0, 0.05) is 18.0 Å². The van der Waals surface area contributed by atoms with Crippen LogP contribution in [0.15, 0.2) is 59.6 Å². The third-order valence-corrected chi connectivity index (χ3v) is 5.83. The summed E-state index contributed by atoms with van der Waals surface area (Å²) in [5.41, 5.74) is -0.216. The Hall–Kier alpha value is -2.49. The molecule has 0 saturated carbocycles. The first-order chi connectivity index (χ1) is 13.5. The minimum Gasteiger partial charge on any atom is -0.395 e. The number of hydrogen-bond donors (Lipinski definition) is 2. The Morgan fingerprint density at radius 3 is 2.00 bits per heavy atom. The molecule has 1 aliphatic carbocycles. The van der Waals surface area contributed by atoms with Crippen LogP contribution in [0.25, 0.3) is 11.1 Å². The van der Waals surface area contributed by atoms with Gasteiger partial charge in [-0.05, 0) is 35.4 Å². The number of hydrogen-bond acceptors (Lipinski definition) is 5. The molecule has 0 radical (unpaired) electrons. The fourth-order valence-corrected chi connectivity index (χ4v) is 3.69. The van der Waals surface area contributed by atoms with E-state index in [2.05, 4.69) is 4.98 Å². The molecule has 1 aliphatic rings. The van der Waals surface area contributed by atoms with E-state index in [1.165, 1.54) is 18.2 Å². The fraction of sp³-hybridized carbons (Fsp3) is 0.250. The molecule has 1 heterocycles. The van der Waals surface area contributed by atoms with Crippen molar-refractivity contribution in [1.82, 2.24) is 4.98 Å². The molecule has 29 heavy (non-hydrogen) atoms. The Morgan fingerprint density at radius 1 is 0.966 bits per heavy atom. The zero-order valence-electron chi connectivity index (χ0n) is 15.3. The van der Waals surface area contributed by atoms with Gasteiger partial charge in [-0.3, -0.25) is 4.98 Å². The number of halogens is 3. The van der Waals surface area contributed by atoms with E-state index in [9.17, 15) is 31.8 Å². The second kappa shape index (κ2) is 7.40. The normalized spacial score (nSPS) is 16.5. The van der Waals surface area contributed by atoms with Gasteiger partial charge in [0.05, 0.1) is 34.8 Å². The Morgan fingerprint density at radius 2 is 1.55 bits per heavy atom. The molecule has 1 aromatic heterocycles. The van der Waals surface area contributed by atoms with E-state index in [0.717, 1.165) is 18.5 Å². The van der Waals surface area contributed by atoms with E-state index in [1.54, 1.807) is 24.3 Å². The molecule has 154 valence electrons. The monoisotopic (exact) mass is 425 g/mol. The first-order valence-corrected chi connectivity index (χ1v) is 10.4. The lowest BCUT2D eigenvalue weighted by atomic mass is 9.92. The molecular weight excluding hydrogens is 407 g/mol. The van der Waals surface area contributed by atoms with E-state index >= 15 is 0 Å². The highest BCUT2D eigenvalue weighted by molar-refractivity contribution is 7.90. The standard InChI is InChI=1S/C20H18F3NO4S/c1-29(27,28)15-5-2-13(3-6-15)16-8-19(11-25,12-26)9-17(16)18-7-4-14(10-24-18)20(21,22)23/h2-10,25-26H,11-12H2,1H3. The third-order valence-electron chi connectivity index (χ3n) is 4.70. The van der Waals surface area contributed by atoms with Crippen molar-refractivity contribution >= 4 is 21.0 Å². The van der Waals surface area contributed by atoms with Crippen molar-refractivity contribution in [2.75, 3.05) is 19.5 Å². The lowest BCUT2D eigenvalue weighted by molar-refractivity contribution is -0.137. The van der Waals surface area contributed by atoms with Crippen LogP contribution in [0.1, 0.15) is 16.8 Å². The van der Waals surface area contributed by atoms with Crippen LogP contribution in [0.3, 0.4) is 0 Å². The summed E-state index contributed by atoms with van der Waals surface area (Å²) in [4.78, 5) is 4.02. The summed E-state index contributed by atoms with van der Waals surface area (Å²) in [6, 6.07) is 8.09. The quantitative estimate of drug-likeness (QED) is 0.769. The van der Waals surface area contributed by atoms with Gasteiger partial charge in [-0.2, -0.15) is 13.2 Å². The summed E-state index contributed by atoms with van der Waals surface area (Å²) in [6.45, 7) is -0.836. The van der Waals surface area contributed by atoms with E-state index in [4.69, 9.17) is 0 Å². The molecule has 3 rings (SSSR count). The molecule has 0 unspecified atom stereocenters. The fourth-order valence-electron chi connectivity index (χ4n) is 3.06. The number of aromatic nitrogens is 1. The molecule has 0 fully saturated rings. The molecular formula is C20H18F3NO4S. The first-order valence-electron chi connectivity index (χ1n) is 8.51. The molecule has 2 aromatic rings. The van der Waals surface area contributed by atoms with Gasteiger partial charge < -0.3 is 10.2 Å². The number of sulfone groups is 1. The predicted molar refractivity (Wildman–Crippen MR) is 101 cm³/mol. The van der Waals surface area contributed by atoms with Crippen molar-refractivity contribution < 1.29 is 31.8 Å². The minimum atomic E-state index is -4.52. The topological polar surface area (TPSA) is 87.5 Å². The van der Waals surface area contributed by atoms with Gasteiger partial charge in [-0.1, -0.05) is 24.3 Å². The number of nitrogens with zero attached hydrogens (tertiary/aromatic N) is 1. The van der Waals surface area contributed by atoms with Crippen molar-refractivity contribution in [3.8, 4) is 0 Å². The van der Waals surface area contributed by atoms with Gasteiger partial charge in [0.15, 0.2) is 9.84 Å². The van der Waals surface area contributed by atoms with Gasteiger partial charge in [0.1, 0.15) is 0 Å². The summed E-state index contributed by atoms with van der Waals surface area (Å²) >= 11 is 0. The number of rotatable bonds is 5. The average molecular weight is 425 g/mol. The summed E-state index contributed by atoms with van der Waals surface area (Å²) in [5.74, 6) is 0. The van der Waals surface area contributed by atoms with Crippen LogP contribution >= 0.6 is 0 Å². The molecule has 0 amide bonds. The molecule has 0 saturated heterocycles. The number of aliphatic hydroxyl groups is 2. The van der Waals surface area contributed by atoms with Crippen molar-refractivity contribution in [3.05, 3.63) is 71.6 Å². The van der Waals surface area contributed by atoms with E-state index in [0.29, 0.717) is 16.7 Å². The van der Waals surface area contributed by atoms with Crippen LogP contribution in [-0.2, 0) is 16.0 Å². The second-order valence-corrected chi connectivity index (χ2v) is 8.91. The molecule has 0 atom stereocenters. The number of allylic oxidation sites excluding steroid dienone is 2. The Bertz CT molecular complexity index is 1070. The van der Waals surface area contributed by atoms with Crippen LogP contribution < -0.4 is 0 Å². The van der Waals surface area contributed by atoms with Crippen LogP contribution in [-0.4, -0.2) is 43.1 Å². The SMILES string of the molecule is CS(=O)(=O)c1ccc(C2=CC(CO)(CO)C=C2c2ccc(C(F)(F)F)cn2)cc1. The van der Waals surface area contributed by atoms with Crippen molar-refractivity contribution in [3.63, 3.8) is 0 Å². The zero-order chi connectivity index (χ0) is 21.4. The van der Waals surface area contributed by atoms with E-state index in [1.807, 2.05) is 0 Å². The number of pyridine rings is 1. The number of aliphatic hydroxyl groups excluding tert-OH is 2. The molecule has 2 N–H and O–H groups in total. The maximum Gasteiger partial charge on any atom is 0.417 e.